The maximum atomic E-state index is 13.3. The average Bonchev–Trinajstić information content (AvgIpc) is 2.40. The summed E-state index contributed by atoms with van der Waals surface area (Å²) >= 11 is 0. The fourth-order valence-corrected chi connectivity index (χ4v) is 1.60. The lowest BCUT2D eigenvalue weighted by molar-refractivity contribution is -0.385. The second kappa shape index (κ2) is 2.97. The van der Waals surface area contributed by atoms with Crippen LogP contribution >= 0.6 is 0 Å². The molecule has 1 heterocycles. The van der Waals surface area contributed by atoms with Gasteiger partial charge in [-0.1, -0.05) is 0 Å². The SMILES string of the molecule is Cc1cc([N+](=O)[O-])cc2c1NC(=O)C2(F)F. The topological polar surface area (TPSA) is 72.2 Å². The molecule has 16 heavy (non-hydrogen) atoms. The van der Waals surface area contributed by atoms with Crippen LogP contribution in [0.4, 0.5) is 20.2 Å². The van der Waals surface area contributed by atoms with E-state index in [1.807, 2.05) is 5.32 Å². The summed E-state index contributed by atoms with van der Waals surface area (Å²) in [5.74, 6) is -5.15. The third-order valence-corrected chi connectivity index (χ3v) is 2.39. The first-order chi connectivity index (χ1) is 7.34. The summed E-state index contributed by atoms with van der Waals surface area (Å²) in [6.45, 7) is 1.42. The number of carbonyl (C=O) groups is 1. The summed E-state index contributed by atoms with van der Waals surface area (Å²) in [6, 6.07) is 1.86. The lowest BCUT2D eigenvalue weighted by atomic mass is 10.0. The Balaban J connectivity index is 2.69. The van der Waals surface area contributed by atoms with Gasteiger partial charge >= 0.3 is 5.92 Å². The number of nitro benzene ring substituents is 1. The Bertz CT molecular complexity index is 514. The molecule has 7 heteroatoms. The maximum Gasteiger partial charge on any atom is 0.352 e. The van der Waals surface area contributed by atoms with E-state index in [2.05, 4.69) is 0 Å². The molecule has 0 aliphatic carbocycles. The molecule has 0 aromatic heterocycles. The highest BCUT2D eigenvalue weighted by molar-refractivity contribution is 6.04. The van der Waals surface area contributed by atoms with Gasteiger partial charge in [0.25, 0.3) is 11.6 Å². The van der Waals surface area contributed by atoms with Gasteiger partial charge in [0, 0.05) is 12.1 Å². The molecule has 0 saturated heterocycles. The zero-order valence-electron chi connectivity index (χ0n) is 8.08. The quantitative estimate of drug-likeness (QED) is 0.589. The molecule has 0 saturated carbocycles. The van der Waals surface area contributed by atoms with Crippen molar-refractivity contribution in [2.45, 2.75) is 12.8 Å². The van der Waals surface area contributed by atoms with Crippen LogP contribution in [0.3, 0.4) is 0 Å². The predicted octanol–water partition coefficient (Wildman–Crippen LogP) is 1.95. The summed E-state index contributed by atoms with van der Waals surface area (Å²) in [5, 5.41) is 12.5. The molecule has 0 radical (unpaired) electrons. The van der Waals surface area contributed by atoms with Crippen molar-refractivity contribution in [2.24, 2.45) is 0 Å². The second-order valence-electron chi connectivity index (χ2n) is 3.47. The summed E-state index contributed by atoms with van der Waals surface area (Å²) in [5.41, 5.74) is -0.882. The summed E-state index contributed by atoms with van der Waals surface area (Å²) in [7, 11) is 0. The molecular formula is C9H6F2N2O3. The molecule has 5 nitrogen and oxygen atoms in total. The predicted molar refractivity (Wildman–Crippen MR) is 50.4 cm³/mol. The van der Waals surface area contributed by atoms with E-state index in [1.54, 1.807) is 0 Å². The van der Waals surface area contributed by atoms with Crippen molar-refractivity contribution in [3.63, 3.8) is 0 Å². The van der Waals surface area contributed by atoms with Crippen molar-refractivity contribution in [3.05, 3.63) is 33.4 Å². The molecule has 0 bridgehead atoms. The molecule has 1 aliphatic heterocycles. The number of nitrogens with zero attached hydrogens (tertiary/aromatic N) is 1. The van der Waals surface area contributed by atoms with Crippen LogP contribution in [-0.2, 0) is 10.7 Å². The van der Waals surface area contributed by atoms with E-state index in [0.717, 1.165) is 12.1 Å². The average molecular weight is 228 g/mol. The Kier molecular flexibility index (Phi) is 1.94. The largest absolute Gasteiger partial charge is 0.352 e. The number of benzene rings is 1. The van der Waals surface area contributed by atoms with Gasteiger partial charge in [0.1, 0.15) is 0 Å². The molecule has 1 aromatic rings. The van der Waals surface area contributed by atoms with Gasteiger partial charge in [-0.2, -0.15) is 8.78 Å². The Labute approximate surface area is 88.2 Å². The number of non-ortho nitro benzene ring substituents is 1. The molecule has 0 spiro atoms. The normalized spacial score (nSPS) is 16.8. The third-order valence-electron chi connectivity index (χ3n) is 2.39. The second-order valence-corrected chi connectivity index (χ2v) is 3.47. The molecule has 2 rings (SSSR count). The van der Waals surface area contributed by atoms with Crippen LogP contribution in [-0.4, -0.2) is 10.8 Å². The Hall–Kier alpha value is -2.05. The lowest BCUT2D eigenvalue weighted by Crippen LogP contribution is -2.23. The zero-order valence-corrected chi connectivity index (χ0v) is 8.08. The molecule has 0 unspecified atom stereocenters. The number of hydrogen-bond donors (Lipinski definition) is 1. The van der Waals surface area contributed by atoms with E-state index in [-0.39, 0.29) is 11.3 Å². The summed E-state index contributed by atoms with van der Waals surface area (Å²) in [4.78, 5) is 20.7. The molecule has 1 N–H and O–H groups in total. The molecule has 1 amide bonds. The van der Waals surface area contributed by atoms with Gasteiger partial charge in [-0.15, -0.1) is 0 Å². The molecular weight excluding hydrogens is 222 g/mol. The van der Waals surface area contributed by atoms with Crippen LogP contribution < -0.4 is 5.32 Å². The highest BCUT2D eigenvalue weighted by Crippen LogP contribution is 2.43. The van der Waals surface area contributed by atoms with Gasteiger partial charge in [0.15, 0.2) is 0 Å². The summed E-state index contributed by atoms with van der Waals surface area (Å²) in [6.07, 6.45) is 0. The van der Waals surface area contributed by atoms with Gasteiger partial charge in [-0.05, 0) is 12.5 Å². The van der Waals surface area contributed by atoms with Gasteiger partial charge in [-0.3, -0.25) is 14.9 Å². The highest BCUT2D eigenvalue weighted by atomic mass is 19.3. The molecule has 0 atom stereocenters. The van der Waals surface area contributed by atoms with Crippen molar-refractivity contribution < 1.29 is 18.5 Å². The third kappa shape index (κ3) is 1.24. The van der Waals surface area contributed by atoms with E-state index >= 15 is 0 Å². The van der Waals surface area contributed by atoms with Gasteiger partial charge in [0.2, 0.25) is 0 Å². The number of rotatable bonds is 1. The zero-order chi connectivity index (χ0) is 12.1. The monoisotopic (exact) mass is 228 g/mol. The Morgan fingerprint density at radius 3 is 2.62 bits per heavy atom. The molecule has 1 aromatic carbocycles. The number of anilines is 1. The van der Waals surface area contributed by atoms with E-state index in [9.17, 15) is 23.7 Å². The number of aryl methyl sites for hydroxylation is 1. The number of alkyl halides is 2. The Morgan fingerprint density at radius 2 is 2.06 bits per heavy atom. The fraction of sp³-hybridized carbons (Fsp3) is 0.222. The van der Waals surface area contributed by atoms with Crippen LogP contribution in [0.15, 0.2) is 12.1 Å². The van der Waals surface area contributed by atoms with Gasteiger partial charge < -0.3 is 5.32 Å². The van der Waals surface area contributed by atoms with E-state index in [1.165, 1.54) is 6.92 Å². The number of hydrogen-bond acceptors (Lipinski definition) is 3. The number of nitrogens with one attached hydrogen (secondary N) is 1. The Morgan fingerprint density at radius 1 is 1.44 bits per heavy atom. The molecule has 1 aliphatic rings. The van der Waals surface area contributed by atoms with Crippen LogP contribution in [0.1, 0.15) is 11.1 Å². The van der Waals surface area contributed by atoms with Crippen molar-refractivity contribution in [2.75, 3.05) is 5.32 Å². The van der Waals surface area contributed by atoms with Gasteiger partial charge in [0.05, 0.1) is 16.2 Å². The van der Waals surface area contributed by atoms with Crippen molar-refractivity contribution in [1.82, 2.24) is 0 Å². The van der Waals surface area contributed by atoms with Gasteiger partial charge in [-0.25, -0.2) is 0 Å². The summed E-state index contributed by atoms with van der Waals surface area (Å²) < 4.78 is 26.6. The first kappa shape index (κ1) is 10.5. The highest BCUT2D eigenvalue weighted by Gasteiger charge is 2.49. The smallest absolute Gasteiger partial charge is 0.320 e. The van der Waals surface area contributed by atoms with Crippen molar-refractivity contribution in [3.8, 4) is 0 Å². The number of nitro groups is 1. The number of carbonyl (C=O) groups excluding carboxylic acids is 1. The van der Waals surface area contributed by atoms with Crippen LogP contribution in [0, 0.1) is 17.0 Å². The van der Waals surface area contributed by atoms with Crippen LogP contribution in [0.25, 0.3) is 0 Å². The van der Waals surface area contributed by atoms with Crippen LogP contribution in [0.5, 0.6) is 0 Å². The molecule has 84 valence electrons. The first-order valence-electron chi connectivity index (χ1n) is 4.33. The maximum absolute atomic E-state index is 13.3. The lowest BCUT2D eigenvalue weighted by Gasteiger charge is -2.06. The molecule has 0 fully saturated rings. The fourth-order valence-electron chi connectivity index (χ4n) is 1.60. The van der Waals surface area contributed by atoms with Crippen molar-refractivity contribution >= 4 is 17.3 Å². The number of halogens is 2. The van der Waals surface area contributed by atoms with Crippen molar-refractivity contribution in [1.29, 1.82) is 0 Å². The van der Waals surface area contributed by atoms with E-state index in [0.29, 0.717) is 0 Å². The van der Waals surface area contributed by atoms with Crippen LogP contribution in [0.2, 0.25) is 0 Å². The minimum Gasteiger partial charge on any atom is -0.320 e. The minimum absolute atomic E-state index is 0.0411. The van der Waals surface area contributed by atoms with E-state index in [4.69, 9.17) is 0 Å². The minimum atomic E-state index is -3.70. The van der Waals surface area contributed by atoms with E-state index < -0.39 is 28.0 Å². The number of fused-ring (bicyclic) bond motifs is 1. The standard InChI is InChI=1S/C9H6F2N2O3/c1-4-2-5(13(15)16)3-6-7(4)12-8(14)9(6,10)11/h2-3H,1H3,(H,12,14). The number of amides is 1. The first-order valence-corrected chi connectivity index (χ1v) is 4.33.